The van der Waals surface area contributed by atoms with Gasteiger partial charge < -0.3 is 9.73 Å². The predicted octanol–water partition coefficient (Wildman–Crippen LogP) is 3.87. The smallest absolute Gasteiger partial charge is 0.117 e. The largest absolute Gasteiger partial charge is 0.465 e. The molecule has 0 saturated carbocycles. The van der Waals surface area contributed by atoms with Gasteiger partial charge in [-0.2, -0.15) is 0 Å². The summed E-state index contributed by atoms with van der Waals surface area (Å²) in [6.45, 7) is 7.29. The van der Waals surface area contributed by atoms with E-state index in [1.165, 1.54) is 11.1 Å². The van der Waals surface area contributed by atoms with Crippen LogP contribution < -0.4 is 5.32 Å². The maximum atomic E-state index is 5.69. The minimum Gasteiger partial charge on any atom is -0.465 e. The second-order valence-electron chi connectivity index (χ2n) is 5.13. The van der Waals surface area contributed by atoms with Crippen molar-refractivity contribution in [3.63, 3.8) is 0 Å². The van der Waals surface area contributed by atoms with Crippen LogP contribution in [-0.2, 0) is 19.4 Å². The fraction of sp³-hybridized carbons (Fsp3) is 0.412. The Balaban J connectivity index is 1.84. The van der Waals surface area contributed by atoms with Crippen LogP contribution in [-0.4, -0.2) is 6.04 Å². The van der Waals surface area contributed by atoms with Gasteiger partial charge in [0, 0.05) is 12.5 Å². The zero-order chi connectivity index (χ0) is 13.7. The molecule has 1 unspecified atom stereocenters. The first kappa shape index (κ1) is 13.9. The Morgan fingerprint density at radius 3 is 2.53 bits per heavy atom. The molecule has 0 fully saturated rings. The maximum absolute atomic E-state index is 5.69. The lowest BCUT2D eigenvalue weighted by Crippen LogP contribution is -2.27. The van der Waals surface area contributed by atoms with Crippen molar-refractivity contribution in [2.45, 2.75) is 46.2 Å². The Hall–Kier alpha value is -1.54. The number of furan rings is 1. The molecule has 0 bridgehead atoms. The van der Waals surface area contributed by atoms with Crippen molar-refractivity contribution in [3.8, 4) is 0 Å². The Morgan fingerprint density at radius 2 is 1.84 bits per heavy atom. The molecule has 0 amide bonds. The number of aryl methyl sites for hydroxylation is 2. The SMILES string of the molecule is CCc1ccc(CNC(C)Cc2ccccc2C)o1. The minimum absolute atomic E-state index is 0.441. The lowest BCUT2D eigenvalue weighted by atomic mass is 10.0. The van der Waals surface area contributed by atoms with E-state index < -0.39 is 0 Å². The first-order chi connectivity index (χ1) is 9.19. The molecule has 0 spiro atoms. The summed E-state index contributed by atoms with van der Waals surface area (Å²) in [6, 6.07) is 13.1. The molecule has 2 nitrogen and oxygen atoms in total. The van der Waals surface area contributed by atoms with E-state index in [2.05, 4.69) is 62.5 Å². The molecule has 19 heavy (non-hydrogen) atoms. The van der Waals surface area contributed by atoms with E-state index >= 15 is 0 Å². The number of nitrogens with one attached hydrogen (secondary N) is 1. The normalized spacial score (nSPS) is 12.6. The molecule has 0 aliphatic heterocycles. The van der Waals surface area contributed by atoms with Crippen molar-refractivity contribution >= 4 is 0 Å². The summed E-state index contributed by atoms with van der Waals surface area (Å²) in [5.74, 6) is 2.08. The van der Waals surface area contributed by atoms with E-state index in [1.807, 2.05) is 0 Å². The van der Waals surface area contributed by atoms with Crippen molar-refractivity contribution in [3.05, 3.63) is 59.0 Å². The number of hydrogen-bond donors (Lipinski definition) is 1. The maximum Gasteiger partial charge on any atom is 0.117 e. The standard InChI is InChI=1S/C17H23NO/c1-4-16-9-10-17(19-16)12-18-14(3)11-15-8-6-5-7-13(15)2/h5-10,14,18H,4,11-12H2,1-3H3. The van der Waals surface area contributed by atoms with Crippen LogP contribution in [0.4, 0.5) is 0 Å². The molecule has 1 N–H and O–H groups in total. The van der Waals surface area contributed by atoms with Crippen LogP contribution in [0, 0.1) is 6.92 Å². The zero-order valence-corrected chi connectivity index (χ0v) is 12.1. The van der Waals surface area contributed by atoms with Gasteiger partial charge in [-0.1, -0.05) is 31.2 Å². The predicted molar refractivity (Wildman–Crippen MR) is 79.3 cm³/mol. The van der Waals surface area contributed by atoms with Gasteiger partial charge >= 0.3 is 0 Å². The average molecular weight is 257 g/mol. The van der Waals surface area contributed by atoms with Crippen LogP contribution in [0.3, 0.4) is 0 Å². The third-order valence-corrected chi connectivity index (χ3v) is 3.48. The van der Waals surface area contributed by atoms with Crippen molar-refractivity contribution in [2.75, 3.05) is 0 Å². The molecule has 2 aromatic rings. The first-order valence-electron chi connectivity index (χ1n) is 7.04. The van der Waals surface area contributed by atoms with Gasteiger partial charge in [0.15, 0.2) is 0 Å². The monoisotopic (exact) mass is 257 g/mol. The lowest BCUT2D eigenvalue weighted by molar-refractivity contribution is 0.431. The molecule has 1 atom stereocenters. The average Bonchev–Trinajstić information content (AvgIpc) is 2.87. The molecule has 2 rings (SSSR count). The number of hydrogen-bond acceptors (Lipinski definition) is 2. The summed E-state index contributed by atoms with van der Waals surface area (Å²) in [7, 11) is 0. The van der Waals surface area contributed by atoms with Crippen LogP contribution in [0.25, 0.3) is 0 Å². The van der Waals surface area contributed by atoms with Gasteiger partial charge in [0.05, 0.1) is 6.54 Å². The Kier molecular flexibility index (Phi) is 4.80. The van der Waals surface area contributed by atoms with Gasteiger partial charge in [-0.3, -0.25) is 0 Å². The van der Waals surface area contributed by atoms with E-state index in [-0.39, 0.29) is 0 Å². The lowest BCUT2D eigenvalue weighted by Gasteiger charge is -2.14. The first-order valence-corrected chi connectivity index (χ1v) is 7.04. The topological polar surface area (TPSA) is 25.2 Å². The summed E-state index contributed by atoms with van der Waals surface area (Å²) in [5, 5.41) is 3.52. The Morgan fingerprint density at radius 1 is 1.11 bits per heavy atom. The Labute approximate surface area is 115 Å². The van der Waals surface area contributed by atoms with Crippen LogP contribution in [0.5, 0.6) is 0 Å². The molecule has 1 aromatic carbocycles. The van der Waals surface area contributed by atoms with Crippen LogP contribution in [0.2, 0.25) is 0 Å². The van der Waals surface area contributed by atoms with E-state index in [9.17, 15) is 0 Å². The highest BCUT2D eigenvalue weighted by Gasteiger charge is 2.06. The Bertz CT molecular complexity index is 515. The van der Waals surface area contributed by atoms with Crippen molar-refractivity contribution < 1.29 is 4.42 Å². The van der Waals surface area contributed by atoms with E-state index in [1.54, 1.807) is 0 Å². The summed E-state index contributed by atoms with van der Waals surface area (Å²) in [4.78, 5) is 0. The second kappa shape index (κ2) is 6.58. The van der Waals surface area contributed by atoms with Gasteiger partial charge in [-0.25, -0.2) is 0 Å². The minimum atomic E-state index is 0.441. The highest BCUT2D eigenvalue weighted by molar-refractivity contribution is 5.26. The van der Waals surface area contributed by atoms with Crippen LogP contribution in [0.15, 0.2) is 40.8 Å². The summed E-state index contributed by atoms with van der Waals surface area (Å²) < 4.78 is 5.69. The van der Waals surface area contributed by atoms with Gasteiger partial charge in [-0.15, -0.1) is 0 Å². The zero-order valence-electron chi connectivity index (χ0n) is 12.1. The van der Waals surface area contributed by atoms with Gasteiger partial charge in [0.2, 0.25) is 0 Å². The fourth-order valence-corrected chi connectivity index (χ4v) is 2.22. The van der Waals surface area contributed by atoms with Crippen LogP contribution >= 0.6 is 0 Å². The van der Waals surface area contributed by atoms with Gasteiger partial charge in [0.1, 0.15) is 11.5 Å². The molecular weight excluding hydrogens is 234 g/mol. The molecule has 0 radical (unpaired) electrons. The van der Waals surface area contributed by atoms with E-state index in [4.69, 9.17) is 4.42 Å². The second-order valence-corrected chi connectivity index (χ2v) is 5.13. The van der Waals surface area contributed by atoms with Gasteiger partial charge in [-0.05, 0) is 43.5 Å². The molecule has 1 heterocycles. The number of benzene rings is 1. The molecular formula is C17H23NO. The van der Waals surface area contributed by atoms with Crippen LogP contribution in [0.1, 0.15) is 36.5 Å². The number of rotatable bonds is 6. The highest BCUT2D eigenvalue weighted by Crippen LogP contribution is 2.11. The molecule has 102 valence electrons. The molecule has 0 aliphatic carbocycles. The van der Waals surface area contributed by atoms with Crippen molar-refractivity contribution in [1.29, 1.82) is 0 Å². The fourth-order valence-electron chi connectivity index (χ4n) is 2.22. The molecule has 0 aliphatic rings. The molecule has 0 saturated heterocycles. The summed E-state index contributed by atoms with van der Waals surface area (Å²) in [5.41, 5.74) is 2.78. The van der Waals surface area contributed by atoms with E-state index in [0.717, 1.165) is 30.9 Å². The summed E-state index contributed by atoms with van der Waals surface area (Å²) in [6.07, 6.45) is 2.01. The van der Waals surface area contributed by atoms with E-state index in [0.29, 0.717) is 6.04 Å². The third kappa shape index (κ3) is 3.97. The highest BCUT2D eigenvalue weighted by atomic mass is 16.3. The molecule has 1 aromatic heterocycles. The van der Waals surface area contributed by atoms with Gasteiger partial charge in [0.25, 0.3) is 0 Å². The molecule has 2 heteroatoms. The quantitative estimate of drug-likeness (QED) is 0.849. The van der Waals surface area contributed by atoms with Crippen molar-refractivity contribution in [2.24, 2.45) is 0 Å². The van der Waals surface area contributed by atoms with Crippen molar-refractivity contribution in [1.82, 2.24) is 5.32 Å². The summed E-state index contributed by atoms with van der Waals surface area (Å²) >= 11 is 0. The third-order valence-electron chi connectivity index (χ3n) is 3.48.